The second-order valence-electron chi connectivity index (χ2n) is 6.17. The van der Waals surface area contributed by atoms with Gasteiger partial charge in [-0.1, -0.05) is 73.7 Å². The number of carbonyl (C=O) groups excluding carboxylic acids is 1. The van der Waals surface area contributed by atoms with E-state index in [1.54, 1.807) is 11.8 Å². The van der Waals surface area contributed by atoms with E-state index in [9.17, 15) is 4.79 Å². The summed E-state index contributed by atoms with van der Waals surface area (Å²) in [4.78, 5) is 14.3. The zero-order chi connectivity index (χ0) is 18.4. The van der Waals surface area contributed by atoms with Gasteiger partial charge in [0.25, 0.3) is 0 Å². The third-order valence-electron chi connectivity index (χ3n) is 4.33. The SMILES string of the molecule is CCc1cccc(C)c1NC(=O)[C@H](Sc1ccccc1)c1ccccc1. The lowest BCUT2D eigenvalue weighted by molar-refractivity contribution is -0.115. The van der Waals surface area contributed by atoms with Crippen LogP contribution in [0.25, 0.3) is 0 Å². The summed E-state index contributed by atoms with van der Waals surface area (Å²) < 4.78 is 0. The molecule has 26 heavy (non-hydrogen) atoms. The fraction of sp³-hybridized carbons (Fsp3) is 0.174. The average Bonchev–Trinajstić information content (AvgIpc) is 2.69. The minimum Gasteiger partial charge on any atom is -0.324 e. The van der Waals surface area contributed by atoms with E-state index in [2.05, 4.69) is 18.3 Å². The Morgan fingerprint density at radius 2 is 1.58 bits per heavy atom. The molecular formula is C23H23NOS. The topological polar surface area (TPSA) is 29.1 Å². The van der Waals surface area contributed by atoms with E-state index in [0.29, 0.717) is 0 Å². The first-order valence-corrected chi connectivity index (χ1v) is 9.73. The quantitative estimate of drug-likeness (QED) is 0.543. The van der Waals surface area contributed by atoms with Crippen molar-refractivity contribution in [2.75, 3.05) is 5.32 Å². The van der Waals surface area contributed by atoms with Gasteiger partial charge in [0.2, 0.25) is 5.91 Å². The van der Waals surface area contributed by atoms with E-state index in [-0.39, 0.29) is 11.2 Å². The van der Waals surface area contributed by atoms with Crippen LogP contribution >= 0.6 is 11.8 Å². The highest BCUT2D eigenvalue weighted by Crippen LogP contribution is 2.36. The van der Waals surface area contributed by atoms with Crippen molar-refractivity contribution in [1.82, 2.24) is 0 Å². The summed E-state index contributed by atoms with van der Waals surface area (Å²) in [5.74, 6) is 0.00838. The molecule has 3 heteroatoms. The first kappa shape index (κ1) is 18.3. The van der Waals surface area contributed by atoms with E-state index in [1.807, 2.05) is 79.7 Å². The van der Waals surface area contributed by atoms with Crippen LogP contribution in [-0.4, -0.2) is 5.91 Å². The monoisotopic (exact) mass is 361 g/mol. The molecule has 3 aromatic carbocycles. The lowest BCUT2D eigenvalue weighted by Gasteiger charge is -2.19. The van der Waals surface area contributed by atoms with Crippen molar-refractivity contribution < 1.29 is 4.79 Å². The van der Waals surface area contributed by atoms with Crippen LogP contribution in [0, 0.1) is 6.92 Å². The van der Waals surface area contributed by atoms with Gasteiger partial charge in [0.15, 0.2) is 0 Å². The molecule has 0 saturated heterocycles. The van der Waals surface area contributed by atoms with Crippen LogP contribution in [0.5, 0.6) is 0 Å². The average molecular weight is 362 g/mol. The van der Waals surface area contributed by atoms with Crippen molar-refractivity contribution >= 4 is 23.4 Å². The molecule has 0 aliphatic heterocycles. The maximum absolute atomic E-state index is 13.2. The molecule has 132 valence electrons. The van der Waals surface area contributed by atoms with Crippen LogP contribution in [-0.2, 0) is 11.2 Å². The molecule has 0 aliphatic carbocycles. The maximum Gasteiger partial charge on any atom is 0.242 e. The summed E-state index contributed by atoms with van der Waals surface area (Å²) in [7, 11) is 0. The van der Waals surface area contributed by atoms with Gasteiger partial charge >= 0.3 is 0 Å². The number of hydrogen-bond acceptors (Lipinski definition) is 2. The minimum absolute atomic E-state index is 0.00838. The Bertz CT molecular complexity index is 862. The zero-order valence-electron chi connectivity index (χ0n) is 15.1. The summed E-state index contributed by atoms with van der Waals surface area (Å²) >= 11 is 1.58. The molecule has 1 amide bonds. The standard InChI is InChI=1S/C23H23NOS/c1-3-18-14-10-11-17(2)21(18)24-23(25)22(19-12-6-4-7-13-19)26-20-15-8-5-9-16-20/h4-16,22H,3H2,1-2H3,(H,24,25)/t22-/m1/s1. The largest absolute Gasteiger partial charge is 0.324 e. The van der Waals surface area contributed by atoms with Crippen LogP contribution < -0.4 is 5.32 Å². The van der Waals surface area contributed by atoms with Gasteiger partial charge in [0.1, 0.15) is 5.25 Å². The highest BCUT2D eigenvalue weighted by Gasteiger charge is 2.23. The van der Waals surface area contributed by atoms with Gasteiger partial charge in [-0.2, -0.15) is 0 Å². The number of aryl methyl sites for hydroxylation is 2. The van der Waals surface area contributed by atoms with Gasteiger partial charge in [0, 0.05) is 10.6 Å². The second kappa shape index (κ2) is 8.72. The minimum atomic E-state index is -0.303. The van der Waals surface area contributed by atoms with Crippen LogP contribution in [0.3, 0.4) is 0 Å². The smallest absolute Gasteiger partial charge is 0.242 e. The molecule has 3 rings (SSSR count). The first-order chi connectivity index (χ1) is 12.7. The molecule has 3 aromatic rings. The van der Waals surface area contributed by atoms with Gasteiger partial charge in [-0.05, 0) is 42.2 Å². The van der Waals surface area contributed by atoms with Gasteiger partial charge in [-0.3, -0.25) is 4.79 Å². The normalized spacial score (nSPS) is 11.8. The Morgan fingerprint density at radius 3 is 2.23 bits per heavy atom. The van der Waals surface area contributed by atoms with E-state index in [4.69, 9.17) is 0 Å². The number of nitrogens with one attached hydrogen (secondary N) is 1. The predicted molar refractivity (Wildman–Crippen MR) is 111 cm³/mol. The molecule has 2 nitrogen and oxygen atoms in total. The number of hydrogen-bond donors (Lipinski definition) is 1. The van der Waals surface area contributed by atoms with Crippen molar-refractivity contribution in [3.05, 3.63) is 95.6 Å². The van der Waals surface area contributed by atoms with Crippen LogP contribution in [0.1, 0.15) is 28.9 Å². The molecule has 0 heterocycles. The molecule has 0 fully saturated rings. The molecule has 0 aromatic heterocycles. The summed E-state index contributed by atoms with van der Waals surface area (Å²) in [6, 6.07) is 26.2. The molecule has 1 atom stereocenters. The Balaban J connectivity index is 1.91. The third kappa shape index (κ3) is 4.36. The number of carbonyl (C=O) groups is 1. The molecule has 0 aliphatic rings. The van der Waals surface area contributed by atoms with Crippen LogP contribution in [0.15, 0.2) is 83.8 Å². The Morgan fingerprint density at radius 1 is 0.923 bits per heavy atom. The van der Waals surface area contributed by atoms with Crippen molar-refractivity contribution in [1.29, 1.82) is 0 Å². The molecule has 0 bridgehead atoms. The highest BCUT2D eigenvalue weighted by molar-refractivity contribution is 8.00. The van der Waals surface area contributed by atoms with E-state index in [1.165, 1.54) is 0 Å². The number of anilines is 1. The zero-order valence-corrected chi connectivity index (χ0v) is 15.9. The number of thioether (sulfide) groups is 1. The molecule has 0 unspecified atom stereocenters. The van der Waals surface area contributed by atoms with Crippen molar-refractivity contribution in [3.63, 3.8) is 0 Å². The van der Waals surface area contributed by atoms with E-state index in [0.717, 1.165) is 33.7 Å². The lowest BCUT2D eigenvalue weighted by Crippen LogP contribution is -2.20. The van der Waals surface area contributed by atoms with Gasteiger partial charge in [-0.15, -0.1) is 11.8 Å². The summed E-state index contributed by atoms with van der Waals surface area (Å²) in [6.45, 7) is 4.15. The highest BCUT2D eigenvalue weighted by atomic mass is 32.2. The number of amides is 1. The molecule has 0 radical (unpaired) electrons. The molecule has 0 saturated carbocycles. The van der Waals surface area contributed by atoms with E-state index >= 15 is 0 Å². The molecule has 0 spiro atoms. The van der Waals surface area contributed by atoms with Crippen molar-refractivity contribution in [3.8, 4) is 0 Å². The Kier molecular flexibility index (Phi) is 6.13. The van der Waals surface area contributed by atoms with Gasteiger partial charge in [-0.25, -0.2) is 0 Å². The number of rotatable bonds is 6. The maximum atomic E-state index is 13.2. The number of benzene rings is 3. The predicted octanol–water partition coefficient (Wildman–Crippen LogP) is 6.03. The third-order valence-corrected chi connectivity index (χ3v) is 5.59. The fourth-order valence-corrected chi connectivity index (χ4v) is 3.97. The Labute approximate surface area is 159 Å². The van der Waals surface area contributed by atoms with Crippen molar-refractivity contribution in [2.45, 2.75) is 30.4 Å². The number of para-hydroxylation sites is 1. The lowest BCUT2D eigenvalue weighted by atomic mass is 10.1. The molecule has 1 N–H and O–H groups in total. The van der Waals surface area contributed by atoms with Gasteiger partial charge in [0.05, 0.1) is 0 Å². The van der Waals surface area contributed by atoms with Gasteiger partial charge < -0.3 is 5.32 Å². The summed E-state index contributed by atoms with van der Waals surface area (Å²) in [6.07, 6.45) is 0.888. The molecular weight excluding hydrogens is 338 g/mol. The van der Waals surface area contributed by atoms with Crippen LogP contribution in [0.2, 0.25) is 0 Å². The Hall–Kier alpha value is -2.52. The summed E-state index contributed by atoms with van der Waals surface area (Å²) in [5.41, 5.74) is 4.20. The van der Waals surface area contributed by atoms with E-state index < -0.39 is 0 Å². The second-order valence-corrected chi connectivity index (χ2v) is 7.35. The summed E-state index contributed by atoms with van der Waals surface area (Å²) in [5, 5.41) is 2.89. The fourth-order valence-electron chi connectivity index (χ4n) is 2.93. The first-order valence-electron chi connectivity index (χ1n) is 8.85. The van der Waals surface area contributed by atoms with Crippen LogP contribution in [0.4, 0.5) is 5.69 Å². The van der Waals surface area contributed by atoms with Crippen molar-refractivity contribution in [2.24, 2.45) is 0 Å².